The average Bonchev–Trinajstić information content (AvgIpc) is 2.90. The number of nitrogens with zero attached hydrogens (tertiary/aromatic N) is 4. The molecule has 1 aromatic heterocycles. The fraction of sp³-hybridized carbons (Fsp3) is 0.857. The number of alkyl halides is 3. The van der Waals surface area contributed by atoms with Gasteiger partial charge in [-0.3, -0.25) is 4.90 Å². The second kappa shape index (κ2) is 6.16. The monoisotopic (exact) mass is 318 g/mol. The van der Waals surface area contributed by atoms with Crippen LogP contribution in [0.5, 0.6) is 0 Å². The van der Waals surface area contributed by atoms with E-state index in [4.69, 9.17) is 4.74 Å². The van der Waals surface area contributed by atoms with E-state index in [0.29, 0.717) is 39.1 Å². The minimum atomic E-state index is -4.13. The number of ether oxygens (including phenoxy) is 1. The summed E-state index contributed by atoms with van der Waals surface area (Å²) in [7, 11) is 1.76. The van der Waals surface area contributed by atoms with Gasteiger partial charge in [0.25, 0.3) is 0 Å². The van der Waals surface area contributed by atoms with Gasteiger partial charge in [0.15, 0.2) is 5.82 Å². The predicted molar refractivity (Wildman–Crippen MR) is 72.9 cm³/mol. The van der Waals surface area contributed by atoms with Crippen LogP contribution >= 0.6 is 0 Å². The highest BCUT2D eigenvalue weighted by molar-refractivity contribution is 4.98. The van der Waals surface area contributed by atoms with E-state index in [0.717, 1.165) is 18.1 Å². The first kappa shape index (κ1) is 15.7. The molecule has 1 saturated carbocycles. The number of halogens is 3. The van der Waals surface area contributed by atoms with Gasteiger partial charge in [-0.2, -0.15) is 13.2 Å². The van der Waals surface area contributed by atoms with Crippen molar-refractivity contribution in [3.8, 4) is 0 Å². The second-order valence-electron chi connectivity index (χ2n) is 6.15. The molecular formula is C14H21F3N4O. The molecule has 0 spiro atoms. The van der Waals surface area contributed by atoms with E-state index in [-0.39, 0.29) is 6.42 Å². The van der Waals surface area contributed by atoms with Gasteiger partial charge >= 0.3 is 6.18 Å². The molecule has 0 N–H and O–H groups in total. The van der Waals surface area contributed by atoms with Crippen molar-refractivity contribution >= 4 is 0 Å². The van der Waals surface area contributed by atoms with Gasteiger partial charge in [0.05, 0.1) is 19.1 Å². The largest absolute Gasteiger partial charge is 0.393 e. The van der Waals surface area contributed by atoms with Crippen molar-refractivity contribution in [3.63, 3.8) is 0 Å². The highest BCUT2D eigenvalue weighted by atomic mass is 19.4. The van der Waals surface area contributed by atoms with Crippen LogP contribution in [-0.2, 0) is 24.4 Å². The van der Waals surface area contributed by atoms with E-state index >= 15 is 0 Å². The Labute approximate surface area is 127 Å². The molecule has 124 valence electrons. The van der Waals surface area contributed by atoms with Crippen LogP contribution < -0.4 is 0 Å². The Hall–Kier alpha value is -1.15. The summed E-state index contributed by atoms with van der Waals surface area (Å²) in [6, 6.07) is -0.471. The molecule has 0 bridgehead atoms. The maximum atomic E-state index is 13.2. The van der Waals surface area contributed by atoms with Crippen LogP contribution in [-0.4, -0.2) is 45.5 Å². The molecule has 0 saturated heterocycles. The van der Waals surface area contributed by atoms with E-state index in [1.807, 2.05) is 4.57 Å². The van der Waals surface area contributed by atoms with Crippen LogP contribution in [0.2, 0.25) is 0 Å². The van der Waals surface area contributed by atoms with E-state index < -0.39 is 18.1 Å². The van der Waals surface area contributed by atoms with E-state index in [9.17, 15) is 13.2 Å². The standard InChI is InChI=1S/C14H21F3N4O/c1-20(11-5-3-2-4-10(11)14(15,16)17)8-12-18-19-13-9-22-7-6-21(12)13/h10-11H,2-9H2,1H3/t10-,11+/m1/s1. The lowest BCUT2D eigenvalue weighted by Gasteiger charge is -2.38. The zero-order chi connectivity index (χ0) is 15.7. The summed E-state index contributed by atoms with van der Waals surface area (Å²) >= 11 is 0. The number of rotatable bonds is 3. The first-order valence-corrected chi connectivity index (χ1v) is 7.72. The van der Waals surface area contributed by atoms with Crippen LogP contribution in [0.1, 0.15) is 37.3 Å². The van der Waals surface area contributed by atoms with Crippen molar-refractivity contribution in [3.05, 3.63) is 11.6 Å². The zero-order valence-electron chi connectivity index (χ0n) is 12.6. The molecule has 1 aliphatic carbocycles. The van der Waals surface area contributed by atoms with Crippen LogP contribution in [0.4, 0.5) is 13.2 Å². The Morgan fingerprint density at radius 3 is 2.82 bits per heavy atom. The number of hydrogen-bond donors (Lipinski definition) is 0. The van der Waals surface area contributed by atoms with E-state index in [1.54, 1.807) is 11.9 Å². The summed E-state index contributed by atoms with van der Waals surface area (Å²) in [5, 5.41) is 8.19. The van der Waals surface area contributed by atoms with Crippen LogP contribution in [0, 0.1) is 5.92 Å². The molecule has 1 aliphatic heterocycles. The lowest BCUT2D eigenvalue weighted by Crippen LogP contribution is -2.46. The lowest BCUT2D eigenvalue weighted by atomic mass is 9.83. The molecule has 0 amide bonds. The van der Waals surface area contributed by atoms with Crippen molar-refractivity contribution in [2.45, 2.75) is 57.6 Å². The fourth-order valence-electron chi connectivity index (χ4n) is 3.53. The Morgan fingerprint density at radius 2 is 2.05 bits per heavy atom. The maximum absolute atomic E-state index is 13.2. The maximum Gasteiger partial charge on any atom is 0.393 e. The minimum absolute atomic E-state index is 0.226. The molecule has 5 nitrogen and oxygen atoms in total. The average molecular weight is 318 g/mol. The molecule has 2 aliphatic rings. The molecule has 8 heteroatoms. The van der Waals surface area contributed by atoms with Crippen LogP contribution in [0.3, 0.4) is 0 Å². The molecule has 2 heterocycles. The number of fused-ring (bicyclic) bond motifs is 1. The Balaban J connectivity index is 1.73. The second-order valence-corrected chi connectivity index (χ2v) is 6.15. The zero-order valence-corrected chi connectivity index (χ0v) is 12.6. The fourth-order valence-corrected chi connectivity index (χ4v) is 3.53. The molecule has 3 rings (SSSR count). The molecule has 1 fully saturated rings. The third-order valence-corrected chi connectivity index (χ3v) is 4.70. The summed E-state index contributed by atoms with van der Waals surface area (Å²) in [5.41, 5.74) is 0. The molecule has 0 radical (unpaired) electrons. The smallest absolute Gasteiger partial charge is 0.372 e. The highest BCUT2D eigenvalue weighted by Crippen LogP contribution is 2.40. The molecule has 2 atom stereocenters. The van der Waals surface area contributed by atoms with Gasteiger partial charge in [-0.05, 0) is 19.9 Å². The molecular weight excluding hydrogens is 297 g/mol. The van der Waals surface area contributed by atoms with Gasteiger partial charge in [0.1, 0.15) is 12.4 Å². The summed E-state index contributed by atoms with van der Waals surface area (Å²) < 4.78 is 47.0. The first-order chi connectivity index (χ1) is 10.5. The van der Waals surface area contributed by atoms with Crippen molar-refractivity contribution in [2.75, 3.05) is 13.7 Å². The summed E-state index contributed by atoms with van der Waals surface area (Å²) in [4.78, 5) is 1.80. The Bertz CT molecular complexity index is 517. The minimum Gasteiger partial charge on any atom is -0.372 e. The Kier molecular flexibility index (Phi) is 4.40. The summed E-state index contributed by atoms with van der Waals surface area (Å²) in [5.74, 6) is 0.247. The van der Waals surface area contributed by atoms with Gasteiger partial charge in [-0.25, -0.2) is 0 Å². The first-order valence-electron chi connectivity index (χ1n) is 7.72. The SMILES string of the molecule is CN(Cc1nnc2n1CCOC2)[C@H]1CCCC[C@H]1C(F)(F)F. The van der Waals surface area contributed by atoms with Crippen LogP contribution in [0.15, 0.2) is 0 Å². The van der Waals surface area contributed by atoms with E-state index in [2.05, 4.69) is 10.2 Å². The highest BCUT2D eigenvalue weighted by Gasteiger charge is 2.46. The quantitative estimate of drug-likeness (QED) is 0.858. The summed E-state index contributed by atoms with van der Waals surface area (Å²) in [6.07, 6.45) is -1.80. The van der Waals surface area contributed by atoms with E-state index in [1.165, 1.54) is 0 Å². The van der Waals surface area contributed by atoms with Crippen molar-refractivity contribution < 1.29 is 17.9 Å². The van der Waals surface area contributed by atoms with Crippen molar-refractivity contribution in [2.24, 2.45) is 5.92 Å². The van der Waals surface area contributed by atoms with Crippen LogP contribution in [0.25, 0.3) is 0 Å². The van der Waals surface area contributed by atoms with Crippen molar-refractivity contribution in [1.29, 1.82) is 0 Å². The normalized spacial score (nSPS) is 26.2. The van der Waals surface area contributed by atoms with Gasteiger partial charge in [0.2, 0.25) is 0 Å². The third kappa shape index (κ3) is 3.12. The van der Waals surface area contributed by atoms with Gasteiger partial charge in [-0.1, -0.05) is 12.8 Å². The Morgan fingerprint density at radius 1 is 1.27 bits per heavy atom. The predicted octanol–water partition coefficient (Wildman–Crippen LogP) is 2.36. The molecule has 0 unspecified atom stereocenters. The molecule has 1 aromatic rings. The van der Waals surface area contributed by atoms with Gasteiger partial charge in [-0.15, -0.1) is 10.2 Å². The number of aromatic nitrogens is 3. The van der Waals surface area contributed by atoms with Crippen molar-refractivity contribution in [1.82, 2.24) is 19.7 Å². The topological polar surface area (TPSA) is 43.2 Å². The molecule has 0 aromatic carbocycles. The van der Waals surface area contributed by atoms with Gasteiger partial charge < -0.3 is 9.30 Å². The number of hydrogen-bond acceptors (Lipinski definition) is 4. The summed E-state index contributed by atoms with van der Waals surface area (Å²) in [6.45, 7) is 2.07. The third-order valence-electron chi connectivity index (χ3n) is 4.70. The lowest BCUT2D eigenvalue weighted by molar-refractivity contribution is -0.198. The van der Waals surface area contributed by atoms with Gasteiger partial charge in [0, 0.05) is 12.6 Å². The molecule has 22 heavy (non-hydrogen) atoms.